The second kappa shape index (κ2) is 9.43. The van der Waals surface area contributed by atoms with Gasteiger partial charge in [-0.25, -0.2) is 13.5 Å². The van der Waals surface area contributed by atoms with Crippen molar-refractivity contribution in [1.82, 2.24) is 25.6 Å². The van der Waals surface area contributed by atoms with E-state index in [0.29, 0.717) is 5.69 Å². The highest BCUT2D eigenvalue weighted by molar-refractivity contribution is 5.93. The fraction of sp³-hybridized carbons (Fsp3) is 0.526. The SMILES string of the molecule is Cc1c(C(=O)NC(c2ccc(F)cc2F)C(C)C)nnn1C1CCNCC1.Cl. The van der Waals surface area contributed by atoms with Crippen LogP contribution in [0.4, 0.5) is 8.78 Å². The molecule has 1 amide bonds. The first-order valence-electron chi connectivity index (χ1n) is 9.26. The number of hydrogen-bond donors (Lipinski definition) is 2. The number of carbonyl (C=O) groups is 1. The van der Waals surface area contributed by atoms with Crippen LogP contribution in [0.2, 0.25) is 0 Å². The topological polar surface area (TPSA) is 71.8 Å². The summed E-state index contributed by atoms with van der Waals surface area (Å²) in [6, 6.07) is 3.01. The van der Waals surface area contributed by atoms with Gasteiger partial charge in [0.1, 0.15) is 11.6 Å². The van der Waals surface area contributed by atoms with Crippen molar-refractivity contribution in [2.45, 2.75) is 45.7 Å². The molecule has 1 unspecified atom stereocenters. The maximum absolute atomic E-state index is 14.2. The van der Waals surface area contributed by atoms with E-state index in [1.54, 1.807) is 4.68 Å². The number of hydrogen-bond acceptors (Lipinski definition) is 4. The Labute approximate surface area is 169 Å². The Morgan fingerprint density at radius 1 is 1.29 bits per heavy atom. The molecule has 2 heterocycles. The Morgan fingerprint density at radius 3 is 2.57 bits per heavy atom. The molecule has 28 heavy (non-hydrogen) atoms. The van der Waals surface area contributed by atoms with E-state index < -0.39 is 23.6 Å². The van der Waals surface area contributed by atoms with Crippen LogP contribution in [0.3, 0.4) is 0 Å². The van der Waals surface area contributed by atoms with Gasteiger partial charge in [0.15, 0.2) is 5.69 Å². The smallest absolute Gasteiger partial charge is 0.274 e. The predicted molar refractivity (Wildman–Crippen MR) is 105 cm³/mol. The minimum Gasteiger partial charge on any atom is -0.343 e. The Balaban J connectivity index is 0.00000280. The normalized spacial score (nSPS) is 15.9. The van der Waals surface area contributed by atoms with Gasteiger partial charge >= 0.3 is 0 Å². The number of benzene rings is 1. The summed E-state index contributed by atoms with van der Waals surface area (Å²) >= 11 is 0. The van der Waals surface area contributed by atoms with Gasteiger partial charge in [0, 0.05) is 11.6 Å². The second-order valence-electron chi connectivity index (χ2n) is 7.31. The van der Waals surface area contributed by atoms with Gasteiger partial charge in [0.05, 0.1) is 17.8 Å². The van der Waals surface area contributed by atoms with Crippen molar-refractivity contribution in [2.24, 2.45) is 5.92 Å². The number of nitrogens with zero attached hydrogens (tertiary/aromatic N) is 3. The van der Waals surface area contributed by atoms with Crippen molar-refractivity contribution in [1.29, 1.82) is 0 Å². The van der Waals surface area contributed by atoms with Crippen LogP contribution in [0.15, 0.2) is 18.2 Å². The first-order chi connectivity index (χ1) is 12.9. The molecule has 0 spiro atoms. The number of aromatic nitrogens is 3. The van der Waals surface area contributed by atoms with Crippen LogP contribution in [-0.4, -0.2) is 34.0 Å². The third-order valence-corrected chi connectivity index (χ3v) is 5.05. The fourth-order valence-corrected chi connectivity index (χ4v) is 3.52. The van der Waals surface area contributed by atoms with E-state index in [9.17, 15) is 13.6 Å². The highest BCUT2D eigenvalue weighted by Crippen LogP contribution is 2.26. The maximum atomic E-state index is 14.2. The zero-order valence-corrected chi connectivity index (χ0v) is 17.0. The highest BCUT2D eigenvalue weighted by atomic mass is 35.5. The van der Waals surface area contributed by atoms with Crippen molar-refractivity contribution in [3.8, 4) is 0 Å². The quantitative estimate of drug-likeness (QED) is 0.788. The Hall–Kier alpha value is -2.06. The second-order valence-corrected chi connectivity index (χ2v) is 7.31. The molecule has 1 atom stereocenters. The van der Waals surface area contributed by atoms with Crippen molar-refractivity contribution < 1.29 is 13.6 Å². The van der Waals surface area contributed by atoms with E-state index in [1.807, 2.05) is 20.8 Å². The Bertz CT molecular complexity index is 821. The van der Waals surface area contributed by atoms with Crippen molar-refractivity contribution in [3.05, 3.63) is 46.8 Å². The van der Waals surface area contributed by atoms with Crippen LogP contribution in [0.1, 0.15) is 60.5 Å². The molecule has 1 aliphatic heterocycles. The summed E-state index contributed by atoms with van der Waals surface area (Å²) in [5.41, 5.74) is 1.19. The Morgan fingerprint density at radius 2 is 1.96 bits per heavy atom. The maximum Gasteiger partial charge on any atom is 0.274 e. The van der Waals surface area contributed by atoms with Gasteiger partial charge in [-0.15, -0.1) is 17.5 Å². The largest absolute Gasteiger partial charge is 0.343 e. The summed E-state index contributed by atoms with van der Waals surface area (Å²) < 4.78 is 29.2. The minimum absolute atomic E-state index is 0. The summed E-state index contributed by atoms with van der Waals surface area (Å²) in [5, 5.41) is 14.4. The first-order valence-corrected chi connectivity index (χ1v) is 9.26. The molecule has 154 valence electrons. The molecule has 1 saturated heterocycles. The third-order valence-electron chi connectivity index (χ3n) is 5.05. The lowest BCUT2D eigenvalue weighted by atomic mass is 9.95. The van der Waals surface area contributed by atoms with Gasteiger partial charge in [0.2, 0.25) is 0 Å². The van der Waals surface area contributed by atoms with Crippen LogP contribution in [0, 0.1) is 24.5 Å². The summed E-state index contributed by atoms with van der Waals surface area (Å²) in [6.07, 6.45) is 1.86. The molecule has 1 aromatic heterocycles. The number of carbonyl (C=O) groups excluding carboxylic acids is 1. The number of halogens is 3. The average molecular weight is 414 g/mol. The lowest BCUT2D eigenvalue weighted by molar-refractivity contribution is 0.0919. The molecule has 0 aliphatic carbocycles. The predicted octanol–water partition coefficient (Wildman–Crippen LogP) is 3.34. The van der Waals surface area contributed by atoms with Gasteiger partial charge in [-0.05, 0) is 44.8 Å². The number of rotatable bonds is 5. The lowest BCUT2D eigenvalue weighted by Gasteiger charge is -2.24. The molecule has 6 nitrogen and oxygen atoms in total. The molecule has 2 aromatic rings. The third kappa shape index (κ3) is 4.67. The zero-order chi connectivity index (χ0) is 19.6. The van der Waals surface area contributed by atoms with Crippen LogP contribution < -0.4 is 10.6 Å². The monoisotopic (exact) mass is 413 g/mol. The fourth-order valence-electron chi connectivity index (χ4n) is 3.52. The molecule has 9 heteroatoms. The number of piperidine rings is 1. The molecule has 1 aromatic carbocycles. The lowest BCUT2D eigenvalue weighted by Crippen LogP contribution is -2.33. The first kappa shape index (κ1) is 22.2. The van der Waals surface area contributed by atoms with Gasteiger partial charge in [-0.1, -0.05) is 25.1 Å². The van der Waals surface area contributed by atoms with Crippen molar-refractivity contribution >= 4 is 18.3 Å². The molecule has 3 rings (SSSR count). The van der Waals surface area contributed by atoms with E-state index in [0.717, 1.165) is 32.0 Å². The molecule has 0 saturated carbocycles. The van der Waals surface area contributed by atoms with E-state index in [4.69, 9.17) is 0 Å². The molecule has 0 radical (unpaired) electrons. The molecule has 1 fully saturated rings. The summed E-state index contributed by atoms with van der Waals surface area (Å²) in [5.74, 6) is -1.82. The van der Waals surface area contributed by atoms with Crippen LogP contribution in [-0.2, 0) is 0 Å². The van der Waals surface area contributed by atoms with Crippen LogP contribution in [0.5, 0.6) is 0 Å². The molecule has 1 aliphatic rings. The van der Waals surface area contributed by atoms with Gasteiger partial charge in [-0.2, -0.15) is 0 Å². The van der Waals surface area contributed by atoms with E-state index in [2.05, 4.69) is 20.9 Å². The molecule has 2 N–H and O–H groups in total. The van der Waals surface area contributed by atoms with Gasteiger partial charge < -0.3 is 10.6 Å². The summed E-state index contributed by atoms with van der Waals surface area (Å²) in [4.78, 5) is 12.8. The molecular weight excluding hydrogens is 388 g/mol. The van der Waals surface area contributed by atoms with E-state index in [1.165, 1.54) is 12.1 Å². The van der Waals surface area contributed by atoms with Crippen molar-refractivity contribution in [2.75, 3.05) is 13.1 Å². The number of nitrogens with one attached hydrogen (secondary N) is 2. The standard InChI is InChI=1S/C19H25F2N5O.ClH/c1-11(2)17(15-5-4-13(20)10-16(15)21)23-19(27)18-12(3)26(25-24-18)14-6-8-22-9-7-14;/h4-5,10-11,14,17,22H,6-9H2,1-3H3,(H,23,27);1H. The highest BCUT2D eigenvalue weighted by Gasteiger charge is 2.27. The molecule has 0 bridgehead atoms. The van der Waals surface area contributed by atoms with Gasteiger partial charge in [0.25, 0.3) is 5.91 Å². The van der Waals surface area contributed by atoms with Crippen LogP contribution >= 0.6 is 12.4 Å². The minimum atomic E-state index is -0.677. The van der Waals surface area contributed by atoms with E-state index >= 15 is 0 Å². The summed E-state index contributed by atoms with van der Waals surface area (Å²) in [7, 11) is 0. The number of amides is 1. The van der Waals surface area contributed by atoms with Gasteiger partial charge in [-0.3, -0.25) is 4.79 Å². The zero-order valence-electron chi connectivity index (χ0n) is 16.2. The van der Waals surface area contributed by atoms with Crippen LogP contribution in [0.25, 0.3) is 0 Å². The molecular formula is C19H26ClF2N5O. The van der Waals surface area contributed by atoms with Crippen molar-refractivity contribution in [3.63, 3.8) is 0 Å². The summed E-state index contributed by atoms with van der Waals surface area (Å²) in [6.45, 7) is 7.37. The average Bonchev–Trinajstić information content (AvgIpc) is 3.02. The Kier molecular flexibility index (Phi) is 7.48. The van der Waals surface area contributed by atoms with E-state index in [-0.39, 0.29) is 35.6 Å².